The largest absolute Gasteiger partial charge is 0.457 e. The van der Waals surface area contributed by atoms with Crippen molar-refractivity contribution in [3.05, 3.63) is 53.6 Å². The molecule has 1 saturated heterocycles. The average Bonchev–Trinajstić information content (AvgIpc) is 3.52. The monoisotopic (exact) mass is 434 g/mol. The number of allylic oxidation sites excluding steroid dienone is 4. The molecule has 0 bridgehead atoms. The van der Waals surface area contributed by atoms with Crippen LogP contribution in [0, 0.1) is 28.6 Å². The van der Waals surface area contributed by atoms with Gasteiger partial charge in [-0.15, -0.1) is 0 Å². The van der Waals surface area contributed by atoms with Crippen molar-refractivity contribution in [2.45, 2.75) is 70.7 Å². The van der Waals surface area contributed by atoms with Gasteiger partial charge in [-0.2, -0.15) is 0 Å². The maximum Gasteiger partial charge on any atom is 0.264 e. The van der Waals surface area contributed by atoms with Crippen LogP contribution >= 0.6 is 0 Å². The van der Waals surface area contributed by atoms with Crippen LogP contribution in [-0.2, 0) is 9.53 Å². The molecular formula is C28H34O4. The van der Waals surface area contributed by atoms with Gasteiger partial charge in [-0.05, 0) is 68.1 Å². The summed E-state index contributed by atoms with van der Waals surface area (Å²) in [6.45, 7) is 7.22. The van der Waals surface area contributed by atoms with Gasteiger partial charge in [0.1, 0.15) is 18.0 Å². The third kappa shape index (κ3) is 2.48. The minimum atomic E-state index is -1.05. The molecule has 1 aromatic carbocycles. The standard InChI is InChI=1S/C28H34O4/c1-18-15-24-22-10-9-19-16-20(29)11-13-25(19,2)23(22)12-14-26(24,3)28(18,30)27(17-31-27)32-21-7-5-4-6-8-21/h4-8,12,16,18,22,24,30H,9-11,13-15,17H2,1-3H3/t18-,22-,24+,25+,26+,27-,28-/m1/s1. The lowest BCUT2D eigenvalue weighted by Gasteiger charge is -2.55. The Kier molecular flexibility index (Phi) is 4.25. The number of para-hydroxylation sites is 1. The second-order valence-electron chi connectivity index (χ2n) is 11.4. The van der Waals surface area contributed by atoms with Crippen molar-refractivity contribution in [1.29, 1.82) is 0 Å². The summed E-state index contributed by atoms with van der Waals surface area (Å²) in [4.78, 5) is 12.1. The Hall–Kier alpha value is -1.91. The maximum atomic E-state index is 12.5. The molecule has 1 heterocycles. The van der Waals surface area contributed by atoms with E-state index in [4.69, 9.17) is 9.47 Å². The Morgan fingerprint density at radius 2 is 1.91 bits per heavy atom. The number of rotatable bonds is 3. The molecule has 1 aromatic rings. The molecule has 6 rings (SSSR count). The van der Waals surface area contributed by atoms with E-state index in [0.717, 1.165) is 37.9 Å². The van der Waals surface area contributed by atoms with Crippen molar-refractivity contribution in [2.24, 2.45) is 28.6 Å². The zero-order chi connectivity index (χ0) is 22.4. The summed E-state index contributed by atoms with van der Waals surface area (Å²) in [6, 6.07) is 9.75. The average molecular weight is 435 g/mol. The number of hydrogen-bond acceptors (Lipinski definition) is 4. The van der Waals surface area contributed by atoms with E-state index < -0.39 is 11.4 Å². The van der Waals surface area contributed by atoms with E-state index in [0.29, 0.717) is 24.9 Å². The Morgan fingerprint density at radius 1 is 1.16 bits per heavy atom. The van der Waals surface area contributed by atoms with E-state index in [-0.39, 0.29) is 22.5 Å². The number of aliphatic hydroxyl groups is 1. The van der Waals surface area contributed by atoms with Crippen molar-refractivity contribution in [1.82, 2.24) is 0 Å². The minimum absolute atomic E-state index is 0.0103. The van der Waals surface area contributed by atoms with E-state index >= 15 is 0 Å². The van der Waals surface area contributed by atoms with Gasteiger partial charge in [-0.25, -0.2) is 0 Å². The summed E-state index contributed by atoms with van der Waals surface area (Å²) in [5, 5.41) is 12.5. The number of carbonyl (C=O) groups excluding carboxylic acids is 1. The highest BCUT2D eigenvalue weighted by Gasteiger charge is 2.78. The van der Waals surface area contributed by atoms with Crippen LogP contribution in [0.4, 0.5) is 0 Å². The third-order valence-corrected chi connectivity index (χ3v) is 9.93. The number of ether oxygens (including phenoxy) is 2. The Morgan fingerprint density at radius 3 is 2.62 bits per heavy atom. The van der Waals surface area contributed by atoms with Gasteiger partial charge in [0, 0.05) is 17.3 Å². The molecule has 1 N–H and O–H groups in total. The summed E-state index contributed by atoms with van der Waals surface area (Å²) < 4.78 is 12.4. The molecule has 4 aliphatic carbocycles. The van der Waals surface area contributed by atoms with E-state index in [1.165, 1.54) is 11.1 Å². The zero-order valence-electron chi connectivity index (χ0n) is 19.4. The predicted octanol–water partition coefficient (Wildman–Crippen LogP) is 5.22. The van der Waals surface area contributed by atoms with Crippen LogP contribution in [0.15, 0.2) is 53.6 Å². The number of hydrogen-bond donors (Lipinski definition) is 1. The highest BCUT2D eigenvalue weighted by molar-refractivity contribution is 5.92. The molecule has 4 heteroatoms. The second-order valence-corrected chi connectivity index (χ2v) is 11.4. The van der Waals surface area contributed by atoms with Crippen molar-refractivity contribution in [3.8, 4) is 5.75 Å². The van der Waals surface area contributed by atoms with Crippen LogP contribution in [-0.4, -0.2) is 28.9 Å². The summed E-state index contributed by atoms with van der Waals surface area (Å²) in [5.74, 6) is 0.980. The quantitative estimate of drug-likeness (QED) is 0.523. The first-order chi connectivity index (χ1) is 15.2. The van der Waals surface area contributed by atoms with Gasteiger partial charge in [0.2, 0.25) is 0 Å². The lowest BCUT2D eigenvalue weighted by Crippen LogP contribution is -2.62. The zero-order valence-corrected chi connectivity index (χ0v) is 19.4. The molecule has 4 nitrogen and oxygen atoms in total. The Bertz CT molecular complexity index is 1020. The fourth-order valence-electron chi connectivity index (χ4n) is 8.11. The lowest BCUT2D eigenvalue weighted by atomic mass is 9.50. The van der Waals surface area contributed by atoms with Crippen LogP contribution < -0.4 is 4.74 Å². The van der Waals surface area contributed by atoms with Crippen molar-refractivity contribution in [2.75, 3.05) is 6.61 Å². The van der Waals surface area contributed by atoms with Crippen molar-refractivity contribution >= 4 is 5.78 Å². The SMILES string of the molecule is C[C@@H]1C[C@H]2[C@@H]3CCC4=CC(=O)CC[C@]4(C)C3=CC[C@]2(C)[C@@]1(O)[C@]1(Oc2ccccc2)CO1. The Labute approximate surface area is 190 Å². The van der Waals surface area contributed by atoms with Gasteiger partial charge >= 0.3 is 0 Å². The van der Waals surface area contributed by atoms with Gasteiger partial charge in [-0.1, -0.05) is 56.2 Å². The fourth-order valence-corrected chi connectivity index (χ4v) is 8.11. The highest BCUT2D eigenvalue weighted by Crippen LogP contribution is 2.70. The van der Waals surface area contributed by atoms with Gasteiger partial charge in [0.25, 0.3) is 5.79 Å². The van der Waals surface area contributed by atoms with Crippen LogP contribution in [0.25, 0.3) is 0 Å². The van der Waals surface area contributed by atoms with Crippen molar-refractivity contribution < 1.29 is 19.4 Å². The predicted molar refractivity (Wildman–Crippen MR) is 122 cm³/mol. The summed E-state index contributed by atoms with van der Waals surface area (Å²) in [7, 11) is 0. The van der Waals surface area contributed by atoms with E-state index in [9.17, 15) is 9.90 Å². The molecule has 0 spiro atoms. The number of epoxide rings is 1. The third-order valence-electron chi connectivity index (χ3n) is 9.93. The molecule has 1 aliphatic heterocycles. The van der Waals surface area contributed by atoms with Crippen LogP contribution in [0.2, 0.25) is 0 Å². The molecule has 7 atom stereocenters. The van der Waals surface area contributed by atoms with Gasteiger partial charge in [0.05, 0.1) is 0 Å². The summed E-state index contributed by atoms with van der Waals surface area (Å²) >= 11 is 0. The van der Waals surface area contributed by atoms with E-state index in [1.54, 1.807) is 0 Å². The number of carbonyl (C=O) groups is 1. The van der Waals surface area contributed by atoms with E-state index in [2.05, 4.69) is 26.8 Å². The minimum Gasteiger partial charge on any atom is -0.457 e. The second kappa shape index (κ2) is 6.57. The summed E-state index contributed by atoms with van der Waals surface area (Å²) in [6.07, 6.45) is 9.79. The first-order valence-electron chi connectivity index (χ1n) is 12.3. The van der Waals surface area contributed by atoms with Crippen molar-refractivity contribution in [3.63, 3.8) is 0 Å². The molecule has 2 saturated carbocycles. The molecule has 0 aromatic heterocycles. The molecule has 0 amide bonds. The Balaban J connectivity index is 1.39. The van der Waals surface area contributed by atoms with Crippen LogP contribution in [0.5, 0.6) is 5.75 Å². The molecule has 3 fully saturated rings. The molecule has 0 radical (unpaired) electrons. The number of fused-ring (bicyclic) bond motifs is 5. The first kappa shape index (κ1) is 20.7. The normalized spacial score (nSPS) is 47.0. The topological polar surface area (TPSA) is 59.1 Å². The summed E-state index contributed by atoms with van der Waals surface area (Å²) in [5.41, 5.74) is 1.50. The molecule has 32 heavy (non-hydrogen) atoms. The lowest BCUT2D eigenvalue weighted by molar-refractivity contribution is -0.208. The number of ketones is 1. The highest BCUT2D eigenvalue weighted by atomic mass is 16.8. The fraction of sp³-hybridized carbons (Fsp3) is 0.607. The van der Waals surface area contributed by atoms with Crippen LogP contribution in [0.1, 0.15) is 59.3 Å². The van der Waals surface area contributed by atoms with Gasteiger partial charge in [-0.3, -0.25) is 4.79 Å². The molecular weight excluding hydrogens is 400 g/mol. The first-order valence-corrected chi connectivity index (χ1v) is 12.3. The molecule has 5 aliphatic rings. The maximum absolute atomic E-state index is 12.5. The van der Waals surface area contributed by atoms with Gasteiger partial charge in [0.15, 0.2) is 5.78 Å². The number of benzene rings is 1. The van der Waals surface area contributed by atoms with Crippen LogP contribution in [0.3, 0.4) is 0 Å². The molecule has 170 valence electrons. The smallest absolute Gasteiger partial charge is 0.264 e. The molecule has 0 unspecified atom stereocenters. The van der Waals surface area contributed by atoms with Gasteiger partial charge < -0.3 is 14.6 Å². The van der Waals surface area contributed by atoms with E-state index in [1.807, 2.05) is 36.4 Å².